The minimum Gasteiger partial charge on any atom is -0.140 e. The lowest BCUT2D eigenvalue weighted by atomic mass is 10.0. The van der Waals surface area contributed by atoms with Gasteiger partial charge < -0.3 is 0 Å². The van der Waals surface area contributed by atoms with Crippen molar-refractivity contribution in [3.63, 3.8) is 0 Å². The zero-order chi connectivity index (χ0) is 24.8. The number of aryl methyl sites for hydroxylation is 4. The quantitative estimate of drug-likeness (QED) is 0.237. The third-order valence-corrected chi connectivity index (χ3v) is 12.7. The minimum atomic E-state index is 1.28. The van der Waals surface area contributed by atoms with Crippen LogP contribution in [0.3, 0.4) is 0 Å². The molecule has 36 heavy (non-hydrogen) atoms. The topological polar surface area (TPSA) is 0 Å². The third-order valence-electron chi connectivity index (χ3n) is 5.85. The number of hydrogen-bond donors (Lipinski definition) is 0. The number of hydrogen-bond acceptors (Lipinski definition) is 6. The van der Waals surface area contributed by atoms with Crippen molar-refractivity contribution in [3.8, 4) is 0 Å². The lowest BCUT2D eigenvalue weighted by Gasteiger charge is -2.20. The van der Waals surface area contributed by atoms with E-state index < -0.39 is 0 Å². The van der Waals surface area contributed by atoms with Gasteiger partial charge in [0.05, 0.1) is 0 Å². The Labute approximate surface area is 237 Å². The molecule has 4 aromatic rings. The third kappa shape index (κ3) is 5.13. The van der Waals surface area contributed by atoms with Crippen LogP contribution in [-0.4, -0.2) is 0 Å². The maximum Gasteiger partial charge on any atom is 0.0412 e. The van der Waals surface area contributed by atoms with Gasteiger partial charge in [0.25, 0.3) is 0 Å². The van der Waals surface area contributed by atoms with Gasteiger partial charge in [-0.25, -0.2) is 0 Å². The molecule has 2 aliphatic heterocycles. The zero-order valence-corrected chi connectivity index (χ0v) is 25.3. The van der Waals surface area contributed by atoms with Gasteiger partial charge in [0.2, 0.25) is 0 Å². The molecule has 0 fully saturated rings. The highest BCUT2D eigenvalue weighted by molar-refractivity contribution is 8.17. The predicted octanol–water partition coefficient (Wildman–Crippen LogP) is 11.4. The Kier molecular flexibility index (Phi) is 6.93. The van der Waals surface area contributed by atoms with Crippen molar-refractivity contribution in [2.45, 2.75) is 27.7 Å². The Balaban J connectivity index is 1.54. The largest absolute Gasteiger partial charge is 0.140 e. The van der Waals surface area contributed by atoms with Gasteiger partial charge in [-0.2, -0.15) is 0 Å². The van der Waals surface area contributed by atoms with Gasteiger partial charge in [-0.3, -0.25) is 0 Å². The molecule has 0 spiro atoms. The summed E-state index contributed by atoms with van der Waals surface area (Å²) in [5.41, 5.74) is 2.57. The Morgan fingerprint density at radius 3 is 0.806 bits per heavy atom. The lowest BCUT2D eigenvalue weighted by Crippen LogP contribution is -1.95. The Morgan fingerprint density at radius 1 is 0.361 bits per heavy atom. The number of allylic oxidation sites excluding steroid dienone is 6. The van der Waals surface area contributed by atoms with E-state index in [1.54, 1.807) is 0 Å². The molecule has 0 aromatic carbocycles. The first-order valence-corrected chi connectivity index (χ1v) is 16.6. The van der Waals surface area contributed by atoms with Gasteiger partial charge in [-0.05, 0) is 112 Å². The van der Waals surface area contributed by atoms with Crippen LogP contribution in [0.5, 0.6) is 0 Å². The highest BCUT2D eigenvalue weighted by atomic mass is 32.2. The van der Waals surface area contributed by atoms with Crippen LogP contribution in [0.25, 0.3) is 19.6 Å². The molecule has 0 saturated heterocycles. The molecule has 180 valence electrons. The molecule has 0 radical (unpaired) electrons. The molecule has 0 amide bonds. The summed E-state index contributed by atoms with van der Waals surface area (Å²) in [5, 5.41) is 0. The SMILES string of the molecule is Cc1ccc(C2=CC(=C3C=C(c4ccc(C)s4)SC(c4ccc(C)s4)=C3)C=C(c3ccc(C)s3)S2)s1. The molecule has 0 unspecified atom stereocenters. The van der Waals surface area contributed by atoms with Crippen LogP contribution in [0.1, 0.15) is 39.0 Å². The van der Waals surface area contributed by atoms with Crippen molar-refractivity contribution in [3.05, 3.63) is 123 Å². The van der Waals surface area contributed by atoms with Gasteiger partial charge in [-0.1, -0.05) is 23.5 Å². The summed E-state index contributed by atoms with van der Waals surface area (Å²) in [6, 6.07) is 18.0. The molecule has 6 heterocycles. The van der Waals surface area contributed by atoms with E-state index in [1.807, 2.05) is 68.9 Å². The van der Waals surface area contributed by atoms with Crippen molar-refractivity contribution < 1.29 is 0 Å². The summed E-state index contributed by atoms with van der Waals surface area (Å²) in [7, 11) is 0. The van der Waals surface area contributed by atoms with Crippen LogP contribution < -0.4 is 0 Å². The van der Waals surface area contributed by atoms with Crippen molar-refractivity contribution in [2.24, 2.45) is 0 Å². The van der Waals surface area contributed by atoms with E-state index in [-0.39, 0.29) is 0 Å². The molecule has 0 bridgehead atoms. The van der Waals surface area contributed by atoms with Crippen LogP contribution in [0.4, 0.5) is 0 Å². The van der Waals surface area contributed by atoms with Crippen molar-refractivity contribution in [1.82, 2.24) is 0 Å². The summed E-state index contributed by atoms with van der Waals surface area (Å²) >= 11 is 11.3. The van der Waals surface area contributed by atoms with Crippen LogP contribution in [0.15, 0.2) is 84.0 Å². The fraction of sp³-hybridized carbons (Fsp3) is 0.133. The van der Waals surface area contributed by atoms with E-state index >= 15 is 0 Å². The average Bonchev–Trinajstić information content (AvgIpc) is 3.67. The molecular formula is C30H24S6. The van der Waals surface area contributed by atoms with Gasteiger partial charge in [0.1, 0.15) is 0 Å². The van der Waals surface area contributed by atoms with Crippen LogP contribution in [-0.2, 0) is 0 Å². The smallest absolute Gasteiger partial charge is 0.0412 e. The van der Waals surface area contributed by atoms with E-state index in [0.29, 0.717) is 0 Å². The standard InChI is InChI=1S/C30H24S6/c1-17-5-9-23(31-17)27-13-21(14-28(35-27)24-10-6-18(2)32-24)22-15-29(25-11-7-19(3)33-25)36-30(16-22)26-12-8-20(4)34-26/h5-16H,1-4H3. The van der Waals surface area contributed by atoms with Crippen LogP contribution >= 0.6 is 68.9 Å². The lowest BCUT2D eigenvalue weighted by molar-refractivity contribution is 1.58. The number of rotatable bonds is 4. The zero-order valence-electron chi connectivity index (χ0n) is 20.4. The molecule has 0 aliphatic carbocycles. The molecule has 0 N–H and O–H groups in total. The van der Waals surface area contributed by atoms with Gasteiger partial charge in [0, 0.05) is 58.6 Å². The summed E-state index contributed by atoms with van der Waals surface area (Å²) in [6.45, 7) is 8.76. The molecule has 0 saturated carbocycles. The maximum atomic E-state index is 2.40. The average molecular weight is 577 g/mol. The van der Waals surface area contributed by atoms with Crippen molar-refractivity contribution in [2.75, 3.05) is 0 Å². The molecule has 4 aromatic heterocycles. The molecule has 2 aliphatic rings. The second-order valence-electron chi connectivity index (χ2n) is 8.79. The second-order valence-corrected chi connectivity index (χ2v) is 16.1. The van der Waals surface area contributed by atoms with Gasteiger partial charge in [0.15, 0.2) is 0 Å². The van der Waals surface area contributed by atoms with E-state index in [9.17, 15) is 0 Å². The summed E-state index contributed by atoms with van der Waals surface area (Å²) in [4.78, 5) is 16.1. The summed E-state index contributed by atoms with van der Waals surface area (Å²) < 4.78 is 0. The normalized spacial score (nSPS) is 16.1. The highest BCUT2D eigenvalue weighted by Crippen LogP contribution is 2.51. The van der Waals surface area contributed by atoms with Crippen molar-refractivity contribution >= 4 is 88.5 Å². The van der Waals surface area contributed by atoms with Crippen LogP contribution in [0.2, 0.25) is 0 Å². The Morgan fingerprint density at radius 2 is 0.611 bits per heavy atom. The first-order valence-electron chi connectivity index (χ1n) is 11.7. The molecule has 6 rings (SSSR count). The molecular weight excluding hydrogens is 553 g/mol. The first kappa shape index (κ1) is 24.5. The fourth-order valence-corrected chi connectivity index (χ4v) is 10.1. The minimum absolute atomic E-state index is 1.28. The second kappa shape index (κ2) is 10.2. The van der Waals surface area contributed by atoms with Gasteiger partial charge in [-0.15, -0.1) is 45.3 Å². The molecule has 0 atom stereocenters. The predicted molar refractivity (Wildman–Crippen MR) is 170 cm³/mol. The van der Waals surface area contributed by atoms with E-state index in [1.165, 1.54) is 69.8 Å². The Hall–Kier alpha value is -1.80. The fourth-order valence-electron chi connectivity index (χ4n) is 4.09. The van der Waals surface area contributed by atoms with Crippen molar-refractivity contribution in [1.29, 1.82) is 0 Å². The molecule has 6 heteroatoms. The first-order chi connectivity index (χ1) is 17.4. The monoisotopic (exact) mass is 576 g/mol. The summed E-state index contributed by atoms with van der Waals surface area (Å²) in [5.74, 6) is 0. The Bertz CT molecular complexity index is 1380. The molecule has 0 nitrogen and oxygen atoms in total. The summed E-state index contributed by atoms with van der Waals surface area (Å²) in [6.07, 6.45) is 9.58. The number of thioether (sulfide) groups is 2. The van der Waals surface area contributed by atoms with Crippen LogP contribution in [0, 0.1) is 27.7 Å². The van der Waals surface area contributed by atoms with Gasteiger partial charge >= 0.3 is 0 Å². The van der Waals surface area contributed by atoms with E-state index in [0.717, 1.165) is 0 Å². The van der Waals surface area contributed by atoms with E-state index in [2.05, 4.69) is 101 Å². The maximum absolute atomic E-state index is 2.40. The van der Waals surface area contributed by atoms with E-state index in [4.69, 9.17) is 0 Å². The number of thiophene rings is 4. The highest BCUT2D eigenvalue weighted by Gasteiger charge is 2.22.